The largest absolute Gasteiger partial charge is 0 e. The quantitative estimate of drug-likeness (QED) is 0.275. The predicted octanol–water partition coefficient (Wildman–Crippen LogP) is -7.24. The molecule has 72 valence electrons. The molecular weight excluding hydrogens is 430 g/mol. The van der Waals surface area contributed by atoms with Crippen molar-refractivity contribution in [2.24, 2.45) is 0 Å². The fourth-order valence-electron chi connectivity index (χ4n) is 0. The van der Waals surface area contributed by atoms with Crippen LogP contribution in [0.2, 0.25) is 0 Å². The second-order valence-corrected chi connectivity index (χ2v) is 1.80. The van der Waals surface area contributed by atoms with Gasteiger partial charge in [0.25, 0.3) is 0 Å². The van der Waals surface area contributed by atoms with Gasteiger partial charge in [-0.2, -0.15) is 0 Å². The van der Waals surface area contributed by atoms with E-state index in [1.165, 1.54) is 0 Å². The fraction of sp³-hybridized carbons (Fsp3) is 0. The first-order valence-electron chi connectivity index (χ1n) is 0.894. The van der Waals surface area contributed by atoms with Crippen LogP contribution in [0, 0.1) is 0 Å². The third-order valence-electron chi connectivity index (χ3n) is 0. The Balaban J connectivity index is -0.00000000286. The van der Waals surface area contributed by atoms with Crippen LogP contribution in [0.4, 0.5) is 4.70 Å². The summed E-state index contributed by atoms with van der Waals surface area (Å²) in [7, 11) is -4.61. The van der Waals surface area contributed by atoms with Crippen molar-refractivity contribution in [1.82, 2.24) is 0 Å². The Morgan fingerprint density at radius 3 is 0.846 bits per heavy atom. The third kappa shape index (κ3) is 126. The zero-order valence-electron chi connectivity index (χ0n) is 4.20. The van der Waals surface area contributed by atoms with Crippen LogP contribution >= 0.6 is 0 Å². The molecule has 13 heteroatoms. The van der Waals surface area contributed by atoms with Crippen molar-refractivity contribution in [1.29, 1.82) is 0 Å². The molecule has 0 aromatic carbocycles. The van der Waals surface area contributed by atoms with E-state index in [0.717, 1.165) is 0 Å². The minimum Gasteiger partial charge on any atom is 0 e. The van der Waals surface area contributed by atoms with Crippen LogP contribution in [-0.2, 0) is 21.7 Å². The molecule has 0 rings (SSSR count). The first-order chi connectivity index (χ1) is 2.00. The molecule has 0 saturated carbocycles. The van der Waals surface area contributed by atoms with Gasteiger partial charge in [-0.25, -0.2) is 0 Å². The van der Waals surface area contributed by atoms with Gasteiger partial charge in [-0.15, -0.1) is 0 Å². The normalized spacial score (nSPS) is 4.62. The van der Waals surface area contributed by atoms with Crippen molar-refractivity contribution >= 4 is 177 Å². The monoisotopic (exact) mass is 446 g/mol. The summed E-state index contributed by atoms with van der Waals surface area (Å²) in [6.07, 6.45) is 0. The first kappa shape index (κ1) is 61.4. The van der Waals surface area contributed by atoms with Gasteiger partial charge in [-0.1, -0.05) is 0 Å². The van der Waals surface area contributed by atoms with Crippen LogP contribution in [-0.4, -0.2) is 207 Å². The Morgan fingerprint density at radius 2 is 0.846 bits per heavy atom. The smallest absolute Gasteiger partial charge is 0 e. The van der Waals surface area contributed by atoms with Gasteiger partial charge < -0.3 is 30.1 Å². The van der Waals surface area contributed by atoms with Crippen LogP contribution in [0.3, 0.4) is 0 Å². The summed E-state index contributed by atoms with van der Waals surface area (Å²) in [5.74, 6) is 0. The molecule has 0 heterocycles. The molecule has 0 atom stereocenters. The molecule has 0 saturated heterocycles. The number of rotatable bonds is 0. The minimum absolute atomic E-state index is 0. The Hall–Kier alpha value is 6.09. The molecule has 0 aliphatic rings. The molecule has 0 spiro atoms. The van der Waals surface area contributed by atoms with E-state index in [2.05, 4.69) is 0 Å². The molecule has 6 nitrogen and oxygen atoms in total. The zero-order chi connectivity index (χ0) is 4.50. The summed E-state index contributed by atoms with van der Waals surface area (Å²) in [5, 5.41) is 0. The van der Waals surface area contributed by atoms with Gasteiger partial charge in [-0.3, -0.25) is 4.70 Å². The fourth-order valence-corrected chi connectivity index (χ4v) is 0. The third-order valence-corrected chi connectivity index (χ3v) is 0. The van der Waals surface area contributed by atoms with Crippen molar-refractivity contribution in [3.8, 4) is 0 Å². The Labute approximate surface area is 226 Å². The van der Waals surface area contributed by atoms with E-state index in [0.29, 0.717) is 0 Å². The van der Waals surface area contributed by atoms with E-state index in [-0.39, 0.29) is 205 Å². The van der Waals surface area contributed by atoms with Gasteiger partial charge in [-0.05, 0) is 0 Å². The molecule has 0 radical (unpaired) electrons. The zero-order valence-corrected chi connectivity index (χ0v) is 6.76. The van der Waals surface area contributed by atoms with E-state index < -0.39 is 9.05 Å². The maximum absolute atomic E-state index is 7.33. The number of hydrogen-bond donors (Lipinski definition) is 4. The Morgan fingerprint density at radius 1 is 0.846 bits per heavy atom. The van der Waals surface area contributed by atoms with E-state index in [4.69, 9.17) is 19.2 Å². The van der Waals surface area contributed by atoms with Crippen LogP contribution in [0.5, 0.6) is 0 Å². The topological polar surface area (TPSA) is 144 Å². The van der Waals surface area contributed by atoms with Crippen molar-refractivity contribution in [2.75, 3.05) is 0 Å². The van der Waals surface area contributed by atoms with Gasteiger partial charge in [0.2, 0.25) is 0 Å². The summed E-state index contributed by atoms with van der Waals surface area (Å²) in [5.41, 5.74) is 0. The molecule has 0 unspecified atom stereocenters. The molecule has 0 aliphatic heterocycles. The SMILES string of the molecule is F.O.O.O[Si](O)(O)O.[BaH2].[CaH2].[KH].[NaH].[Ti]. The molecule has 0 aliphatic carbocycles. The standard InChI is InChI=1S/Ba.Ca.FH.K.Na.H4O4Si.2H2O.Ti.6H/c;;;;;1-5(2,3)4;;;;;;;;;/h;;1H;;;1-4H;2*1H2;;;;;;;. The summed E-state index contributed by atoms with van der Waals surface area (Å²) >= 11 is 0. The average Bonchev–Trinajstić information content (AvgIpc) is 0.722. The van der Waals surface area contributed by atoms with E-state index >= 15 is 0 Å². The summed E-state index contributed by atoms with van der Waals surface area (Å²) in [6.45, 7) is 0. The maximum Gasteiger partial charge on any atom is 0 e. The molecule has 0 amide bonds. The Bertz CT molecular complexity index is 48.1. The van der Waals surface area contributed by atoms with Crippen LogP contribution < -0.4 is 0 Å². The first-order valence-corrected chi connectivity index (χ1v) is 2.68. The molecule has 0 fully saturated rings. The van der Waals surface area contributed by atoms with Gasteiger partial charge in [0.1, 0.15) is 0 Å². The number of hydrogen-bond acceptors (Lipinski definition) is 4. The second-order valence-electron chi connectivity index (χ2n) is 0.600. The molecule has 13 heavy (non-hydrogen) atoms. The van der Waals surface area contributed by atoms with Crippen LogP contribution in [0.1, 0.15) is 0 Å². The Kier molecular flexibility index (Phi) is 171. The van der Waals surface area contributed by atoms with E-state index in [1.807, 2.05) is 0 Å². The molecule has 0 bridgehead atoms. The molecule has 0 aromatic heterocycles. The van der Waals surface area contributed by atoms with E-state index in [1.54, 1.807) is 0 Å². The molecule has 8 N–H and O–H groups in total. The van der Waals surface area contributed by atoms with Crippen LogP contribution in [0.25, 0.3) is 0 Å². The van der Waals surface area contributed by atoms with E-state index in [9.17, 15) is 0 Å². The summed E-state index contributed by atoms with van der Waals surface area (Å²) in [6, 6.07) is 0. The predicted molar refractivity (Wildman–Crippen MR) is 55.7 cm³/mol. The van der Waals surface area contributed by atoms with Gasteiger partial charge >= 0.3 is 177 Å². The molecular formula is H15BaCaFKNaO6SiTi. The number of halogens is 1. The molecule has 0 aromatic rings. The van der Waals surface area contributed by atoms with Crippen molar-refractivity contribution in [2.45, 2.75) is 0 Å². The van der Waals surface area contributed by atoms with Crippen molar-refractivity contribution < 1.29 is 56.6 Å². The van der Waals surface area contributed by atoms with Crippen molar-refractivity contribution in [3.05, 3.63) is 0 Å². The van der Waals surface area contributed by atoms with Gasteiger partial charge in [0.05, 0.1) is 0 Å². The second kappa shape index (κ2) is 36.1. The van der Waals surface area contributed by atoms with Crippen LogP contribution in [0.15, 0.2) is 0 Å². The summed E-state index contributed by atoms with van der Waals surface area (Å²) < 4.78 is 0. The maximum atomic E-state index is 7.33. The minimum atomic E-state index is -4.61. The van der Waals surface area contributed by atoms with Gasteiger partial charge in [0.15, 0.2) is 0 Å². The van der Waals surface area contributed by atoms with Crippen molar-refractivity contribution in [3.63, 3.8) is 0 Å². The average molecular weight is 446 g/mol. The van der Waals surface area contributed by atoms with Gasteiger partial charge in [0, 0.05) is 21.7 Å². The summed E-state index contributed by atoms with van der Waals surface area (Å²) in [4.78, 5) is 29.3.